The van der Waals surface area contributed by atoms with E-state index in [2.05, 4.69) is 105 Å². The van der Waals surface area contributed by atoms with Crippen LogP contribution >= 0.6 is 0 Å². The fourth-order valence-corrected chi connectivity index (χ4v) is 6.40. The molecule has 0 radical (unpaired) electrons. The summed E-state index contributed by atoms with van der Waals surface area (Å²) >= 11 is 0. The molecule has 1 atom stereocenters. The van der Waals surface area contributed by atoms with Gasteiger partial charge < -0.3 is 0 Å². The van der Waals surface area contributed by atoms with Gasteiger partial charge in [-0.15, -0.1) is 0 Å². The van der Waals surface area contributed by atoms with Crippen molar-refractivity contribution >= 4 is 11.4 Å². The van der Waals surface area contributed by atoms with Gasteiger partial charge >= 0.3 is 0 Å². The Morgan fingerprint density at radius 2 is 1.00 bits per heavy atom. The van der Waals surface area contributed by atoms with Gasteiger partial charge in [0.25, 0.3) is 0 Å². The van der Waals surface area contributed by atoms with Crippen LogP contribution in [-0.2, 0) is 0 Å². The number of benzene rings is 1. The summed E-state index contributed by atoms with van der Waals surface area (Å²) in [6, 6.07) is 7.90. The lowest BCUT2D eigenvalue weighted by atomic mass is 9.80. The van der Waals surface area contributed by atoms with Crippen molar-refractivity contribution in [1.29, 1.82) is 0 Å². The third kappa shape index (κ3) is 15.8. The summed E-state index contributed by atoms with van der Waals surface area (Å²) in [7, 11) is 0. The van der Waals surface area contributed by atoms with Gasteiger partial charge in [-0.05, 0) is 168 Å². The van der Waals surface area contributed by atoms with Gasteiger partial charge in [-0.25, -0.2) is 0 Å². The first-order valence-electron chi connectivity index (χ1n) is 18.8. The molecule has 0 spiro atoms. The van der Waals surface area contributed by atoms with Gasteiger partial charge in [0.1, 0.15) is 0 Å². The minimum atomic E-state index is 0.196. The summed E-state index contributed by atoms with van der Waals surface area (Å²) in [6.07, 6.45) is 30.3. The number of carbonyl (C=O) groups excluding carboxylic acids is 1. The summed E-state index contributed by atoms with van der Waals surface area (Å²) in [4.78, 5) is 13.1. The molecule has 1 nitrogen and oxygen atoms in total. The third-order valence-electron chi connectivity index (χ3n) is 9.93. The molecule has 1 aliphatic carbocycles. The fraction of sp³-hybridized carbons (Fsp3) is 0.511. The number of hydrogen-bond donors (Lipinski definition) is 0. The molecule has 0 saturated carbocycles. The van der Waals surface area contributed by atoms with Gasteiger partial charge in [-0.1, -0.05) is 108 Å². The van der Waals surface area contributed by atoms with E-state index in [9.17, 15) is 4.79 Å². The first kappa shape index (κ1) is 41.0. The average molecular weight is 649 g/mol. The van der Waals surface area contributed by atoms with E-state index in [0.717, 1.165) is 92.1 Å². The van der Waals surface area contributed by atoms with Crippen LogP contribution in [0.15, 0.2) is 112 Å². The molecule has 0 fully saturated rings. The van der Waals surface area contributed by atoms with Crippen LogP contribution in [0.5, 0.6) is 0 Å². The number of allylic oxidation sites excluding steroid dienone is 15. The van der Waals surface area contributed by atoms with Crippen LogP contribution in [0.3, 0.4) is 0 Å². The van der Waals surface area contributed by atoms with E-state index in [0.29, 0.717) is 5.92 Å². The van der Waals surface area contributed by atoms with E-state index in [1.165, 1.54) is 59.1 Å². The second-order valence-electron chi connectivity index (χ2n) is 14.9. The van der Waals surface area contributed by atoms with E-state index in [4.69, 9.17) is 0 Å². The first-order chi connectivity index (χ1) is 22.9. The number of hydrogen-bond acceptors (Lipinski definition) is 1. The summed E-state index contributed by atoms with van der Waals surface area (Å²) in [5.41, 5.74) is 13.8. The van der Waals surface area contributed by atoms with Gasteiger partial charge in [-0.3, -0.25) is 4.79 Å². The molecule has 0 saturated heterocycles. The predicted molar refractivity (Wildman–Crippen MR) is 215 cm³/mol. The molecule has 0 heterocycles. The molecule has 48 heavy (non-hydrogen) atoms. The Bertz CT molecular complexity index is 1420. The van der Waals surface area contributed by atoms with Gasteiger partial charge in [0.2, 0.25) is 0 Å². The van der Waals surface area contributed by atoms with Crippen molar-refractivity contribution in [2.45, 2.75) is 152 Å². The molecule has 1 aromatic rings. The lowest BCUT2D eigenvalue weighted by Crippen LogP contribution is -2.15. The minimum absolute atomic E-state index is 0.196. The zero-order chi connectivity index (χ0) is 35.5. The molecule has 1 heteroatoms. The van der Waals surface area contributed by atoms with Gasteiger partial charge in [0.15, 0.2) is 5.78 Å². The van der Waals surface area contributed by atoms with Crippen LogP contribution < -0.4 is 0 Å². The molecule has 1 unspecified atom stereocenters. The maximum absolute atomic E-state index is 13.1. The smallest absolute Gasteiger partial charge is 0.189 e. The molecule has 2 rings (SSSR count). The van der Waals surface area contributed by atoms with Crippen LogP contribution in [0, 0.1) is 5.92 Å². The Labute approximate surface area is 296 Å². The fourth-order valence-electron chi connectivity index (χ4n) is 6.40. The minimum Gasteiger partial charge on any atom is -0.289 e. The van der Waals surface area contributed by atoms with Crippen LogP contribution in [-0.4, -0.2) is 5.78 Å². The largest absolute Gasteiger partial charge is 0.289 e. The van der Waals surface area contributed by atoms with Gasteiger partial charge in [-0.2, -0.15) is 0 Å². The summed E-state index contributed by atoms with van der Waals surface area (Å²) < 4.78 is 0. The van der Waals surface area contributed by atoms with Crippen molar-refractivity contribution < 1.29 is 4.79 Å². The molecule has 0 aliphatic heterocycles. The Kier molecular flexibility index (Phi) is 19.2. The Balaban J connectivity index is 1.62. The zero-order valence-electron chi connectivity index (χ0n) is 32.4. The third-order valence-corrected chi connectivity index (χ3v) is 9.93. The highest BCUT2D eigenvalue weighted by atomic mass is 16.1. The number of ketones is 1. The highest BCUT2D eigenvalue weighted by Gasteiger charge is 2.25. The van der Waals surface area contributed by atoms with E-state index in [-0.39, 0.29) is 5.78 Å². The Hall–Kier alpha value is -3.19. The van der Waals surface area contributed by atoms with Crippen LogP contribution in [0.2, 0.25) is 0 Å². The van der Waals surface area contributed by atoms with Crippen LogP contribution in [0.25, 0.3) is 5.57 Å². The number of rotatable bonds is 21. The Morgan fingerprint density at radius 1 is 0.604 bits per heavy atom. The maximum Gasteiger partial charge on any atom is 0.189 e. The predicted octanol–water partition coefficient (Wildman–Crippen LogP) is 15.0. The maximum atomic E-state index is 13.1. The van der Waals surface area contributed by atoms with Gasteiger partial charge in [0, 0.05) is 11.1 Å². The number of carbonyl (C=O) groups is 1. The van der Waals surface area contributed by atoms with E-state index < -0.39 is 0 Å². The van der Waals surface area contributed by atoms with Gasteiger partial charge in [0.05, 0.1) is 0 Å². The monoisotopic (exact) mass is 649 g/mol. The summed E-state index contributed by atoms with van der Waals surface area (Å²) in [5, 5.41) is 0. The quantitative estimate of drug-likeness (QED) is 0.121. The van der Waals surface area contributed by atoms with E-state index >= 15 is 0 Å². The number of fused-ring (bicyclic) bond motifs is 1. The SMILES string of the molecule is C=C1C(C)=C(CCC(C)CC/C=C(\C)CC/C=C(\C)CC/C=C(\C)CC/C=C(\C)CC/C=C(\C)CCC=C(C)C)C(=O)c2ccccc21. The molecular formula is C47H68O. The second-order valence-corrected chi connectivity index (χ2v) is 14.9. The number of Topliss-reactive ketones (excluding diaryl/α,β-unsaturated/α-hetero) is 1. The second kappa shape index (κ2) is 22.4. The van der Waals surface area contributed by atoms with Crippen LogP contribution in [0.4, 0.5) is 0 Å². The van der Waals surface area contributed by atoms with Crippen molar-refractivity contribution in [2.75, 3.05) is 0 Å². The van der Waals surface area contributed by atoms with Crippen molar-refractivity contribution in [3.05, 3.63) is 123 Å². The molecule has 0 amide bonds. The van der Waals surface area contributed by atoms with Crippen molar-refractivity contribution in [2.24, 2.45) is 5.92 Å². The molecule has 0 aromatic heterocycles. The first-order valence-corrected chi connectivity index (χ1v) is 18.8. The molecule has 262 valence electrons. The highest BCUT2D eigenvalue weighted by molar-refractivity contribution is 6.17. The van der Waals surface area contributed by atoms with Crippen molar-refractivity contribution in [1.82, 2.24) is 0 Å². The topological polar surface area (TPSA) is 17.1 Å². The summed E-state index contributed by atoms with van der Waals surface area (Å²) in [6.45, 7) is 24.4. The van der Waals surface area contributed by atoms with E-state index in [1.54, 1.807) is 0 Å². The lowest BCUT2D eigenvalue weighted by Gasteiger charge is -2.23. The molecule has 0 bridgehead atoms. The molecule has 0 N–H and O–H groups in total. The van der Waals surface area contributed by atoms with Crippen molar-refractivity contribution in [3.63, 3.8) is 0 Å². The van der Waals surface area contributed by atoms with E-state index in [1.807, 2.05) is 24.3 Å². The molecule has 1 aliphatic rings. The lowest BCUT2D eigenvalue weighted by molar-refractivity contribution is 0.102. The molecular weight excluding hydrogens is 581 g/mol. The normalized spacial score (nSPS) is 15.6. The Morgan fingerprint density at radius 3 is 1.44 bits per heavy atom. The average Bonchev–Trinajstić information content (AvgIpc) is 3.03. The molecule has 1 aromatic carbocycles. The summed E-state index contributed by atoms with van der Waals surface area (Å²) in [5.74, 6) is 0.785. The van der Waals surface area contributed by atoms with Crippen molar-refractivity contribution in [3.8, 4) is 0 Å². The standard InChI is InChI=1S/C47H68O/c1-35(2)19-13-20-36(3)21-14-22-37(4)23-15-24-38(5)25-16-26-39(6)27-17-28-40(7)29-18-30-41(8)33-34-45-43(10)42(9)44-31-11-12-32-46(44)47(45)48/h11-12,19,21,23,25,27,29,31-32,41H,9,13-18,20,22,24,26,28,30,33-34H2,1-8,10H3/b36-21+,37-23+,38-25+,39-27+,40-29+. The zero-order valence-corrected chi connectivity index (χ0v) is 32.4. The highest BCUT2D eigenvalue weighted by Crippen LogP contribution is 2.36. The van der Waals surface area contributed by atoms with Crippen LogP contribution in [0.1, 0.15) is 168 Å².